The molecule has 1 amide bonds. The summed E-state index contributed by atoms with van der Waals surface area (Å²) in [6.45, 7) is 5.55. The highest BCUT2D eigenvalue weighted by atomic mass is 16.6. The largest absolute Gasteiger partial charge is 0.450 e. The minimum Gasteiger partial charge on any atom is -0.450 e. The molecule has 4 rings (SSSR count). The van der Waals surface area contributed by atoms with Crippen molar-refractivity contribution in [2.45, 2.75) is 32.7 Å². The monoisotopic (exact) mass is 380 g/mol. The maximum absolute atomic E-state index is 11.8. The maximum atomic E-state index is 11.8. The number of hydrogen-bond donors (Lipinski definition) is 0. The number of benzene rings is 1. The molecule has 0 atom stereocenters. The van der Waals surface area contributed by atoms with E-state index in [2.05, 4.69) is 15.4 Å². The highest BCUT2D eigenvalue weighted by molar-refractivity contribution is 5.67. The second kappa shape index (κ2) is 7.84. The van der Waals surface area contributed by atoms with Crippen LogP contribution < -0.4 is 0 Å². The van der Waals surface area contributed by atoms with Crippen molar-refractivity contribution < 1.29 is 9.53 Å². The van der Waals surface area contributed by atoms with Crippen LogP contribution in [0.3, 0.4) is 0 Å². The third-order valence-electron chi connectivity index (χ3n) is 5.07. The third kappa shape index (κ3) is 3.62. The molecule has 8 nitrogen and oxygen atoms in total. The molecule has 146 valence electrons. The number of para-hydroxylation sites is 1. The van der Waals surface area contributed by atoms with E-state index in [4.69, 9.17) is 4.74 Å². The zero-order valence-corrected chi connectivity index (χ0v) is 16.2. The molecule has 1 saturated heterocycles. The van der Waals surface area contributed by atoms with Gasteiger partial charge in [-0.15, -0.1) is 5.10 Å². The van der Waals surface area contributed by atoms with Crippen molar-refractivity contribution in [3.8, 4) is 16.9 Å². The molecule has 1 aromatic carbocycles. The van der Waals surface area contributed by atoms with E-state index in [1.807, 2.05) is 65.9 Å². The van der Waals surface area contributed by atoms with Crippen molar-refractivity contribution in [3.63, 3.8) is 0 Å². The molecule has 1 fully saturated rings. The molecule has 0 saturated carbocycles. The lowest BCUT2D eigenvalue weighted by atomic mass is 10.1. The number of carbonyl (C=O) groups excluding carboxylic acids is 1. The summed E-state index contributed by atoms with van der Waals surface area (Å²) in [5, 5.41) is 13.3. The molecule has 0 radical (unpaired) electrons. The van der Waals surface area contributed by atoms with E-state index in [1.54, 1.807) is 4.90 Å². The zero-order valence-electron chi connectivity index (χ0n) is 16.2. The van der Waals surface area contributed by atoms with Crippen molar-refractivity contribution in [2.24, 2.45) is 0 Å². The van der Waals surface area contributed by atoms with Crippen LogP contribution in [0.1, 0.15) is 31.5 Å². The Morgan fingerprint density at radius 2 is 1.93 bits per heavy atom. The van der Waals surface area contributed by atoms with Gasteiger partial charge in [-0.1, -0.05) is 23.4 Å². The molecule has 0 aliphatic carbocycles. The van der Waals surface area contributed by atoms with Gasteiger partial charge in [0.2, 0.25) is 0 Å². The molecule has 28 heavy (non-hydrogen) atoms. The number of aryl methyl sites for hydroxylation is 1. The second-order valence-electron chi connectivity index (χ2n) is 6.91. The Morgan fingerprint density at radius 3 is 2.64 bits per heavy atom. The van der Waals surface area contributed by atoms with E-state index in [-0.39, 0.29) is 12.1 Å². The Labute approximate surface area is 163 Å². The van der Waals surface area contributed by atoms with E-state index in [0.717, 1.165) is 35.5 Å². The molecule has 3 heterocycles. The predicted molar refractivity (Wildman–Crippen MR) is 104 cm³/mol. The summed E-state index contributed by atoms with van der Waals surface area (Å²) in [5.41, 5.74) is 3.70. The predicted octanol–water partition coefficient (Wildman–Crippen LogP) is 3.23. The Kier molecular flexibility index (Phi) is 5.10. The normalized spacial score (nSPS) is 15.0. The number of carbonyl (C=O) groups is 1. The van der Waals surface area contributed by atoms with Crippen LogP contribution in [-0.2, 0) is 4.74 Å². The number of rotatable bonds is 4. The fourth-order valence-electron chi connectivity index (χ4n) is 3.53. The van der Waals surface area contributed by atoms with Crippen LogP contribution in [0.4, 0.5) is 4.79 Å². The molecule has 0 spiro atoms. The van der Waals surface area contributed by atoms with E-state index in [9.17, 15) is 4.79 Å². The molecular formula is C20H24N6O2. The summed E-state index contributed by atoms with van der Waals surface area (Å²) in [7, 11) is 0. The van der Waals surface area contributed by atoms with Crippen LogP contribution in [-0.4, -0.2) is 55.5 Å². The fraction of sp³-hybridized carbons (Fsp3) is 0.400. The van der Waals surface area contributed by atoms with E-state index in [0.29, 0.717) is 19.7 Å². The summed E-state index contributed by atoms with van der Waals surface area (Å²) >= 11 is 0. The smallest absolute Gasteiger partial charge is 0.409 e. The van der Waals surface area contributed by atoms with E-state index < -0.39 is 0 Å². The standard InChI is InChI=1S/C20H24N6O2/c1-3-28-20(27)24-11-9-17(10-12-24)26-14-19(21-23-26)18-13-25(22-15(18)2)16-7-5-4-6-8-16/h4-8,13-14,17H,3,9-12H2,1-2H3. The Bertz CT molecular complexity index is 941. The summed E-state index contributed by atoms with van der Waals surface area (Å²) in [5.74, 6) is 0. The number of amides is 1. The van der Waals surface area contributed by atoms with Gasteiger partial charge in [0, 0.05) is 24.8 Å². The van der Waals surface area contributed by atoms with Crippen molar-refractivity contribution >= 4 is 6.09 Å². The zero-order chi connectivity index (χ0) is 19.5. The molecule has 0 bridgehead atoms. The summed E-state index contributed by atoms with van der Waals surface area (Å²) in [6.07, 6.45) is 5.41. The van der Waals surface area contributed by atoms with Gasteiger partial charge in [-0.25, -0.2) is 14.2 Å². The first-order valence-corrected chi connectivity index (χ1v) is 9.61. The van der Waals surface area contributed by atoms with Crippen LogP contribution in [0.5, 0.6) is 0 Å². The van der Waals surface area contributed by atoms with Gasteiger partial charge >= 0.3 is 6.09 Å². The lowest BCUT2D eigenvalue weighted by molar-refractivity contribution is 0.0914. The van der Waals surface area contributed by atoms with Gasteiger partial charge in [0.25, 0.3) is 0 Å². The van der Waals surface area contributed by atoms with Crippen molar-refractivity contribution in [2.75, 3.05) is 19.7 Å². The van der Waals surface area contributed by atoms with Crippen molar-refractivity contribution in [3.05, 3.63) is 48.4 Å². The van der Waals surface area contributed by atoms with Crippen LogP contribution in [0.15, 0.2) is 42.7 Å². The van der Waals surface area contributed by atoms with Gasteiger partial charge in [0.05, 0.1) is 30.2 Å². The van der Waals surface area contributed by atoms with Crippen LogP contribution in [0, 0.1) is 6.92 Å². The van der Waals surface area contributed by atoms with Crippen molar-refractivity contribution in [1.82, 2.24) is 29.7 Å². The summed E-state index contributed by atoms with van der Waals surface area (Å²) in [4.78, 5) is 13.6. The van der Waals surface area contributed by atoms with Crippen LogP contribution >= 0.6 is 0 Å². The minimum absolute atomic E-state index is 0.232. The van der Waals surface area contributed by atoms with Gasteiger partial charge in [0.15, 0.2) is 0 Å². The fourth-order valence-corrected chi connectivity index (χ4v) is 3.53. The average Bonchev–Trinajstić information content (AvgIpc) is 3.36. The SMILES string of the molecule is CCOC(=O)N1CCC(n2cc(-c3cn(-c4ccccc4)nc3C)nn2)CC1. The van der Waals surface area contributed by atoms with E-state index in [1.165, 1.54) is 0 Å². The number of nitrogens with zero attached hydrogens (tertiary/aromatic N) is 6. The molecule has 2 aromatic heterocycles. The topological polar surface area (TPSA) is 78.1 Å². The highest BCUT2D eigenvalue weighted by Gasteiger charge is 2.25. The Morgan fingerprint density at radius 1 is 1.18 bits per heavy atom. The van der Waals surface area contributed by atoms with E-state index >= 15 is 0 Å². The van der Waals surface area contributed by atoms with Gasteiger partial charge in [-0.05, 0) is 38.8 Å². The highest BCUT2D eigenvalue weighted by Crippen LogP contribution is 2.26. The van der Waals surface area contributed by atoms with Gasteiger partial charge in [-0.3, -0.25) is 0 Å². The maximum Gasteiger partial charge on any atom is 0.409 e. The lowest BCUT2D eigenvalue weighted by Gasteiger charge is -2.30. The number of aromatic nitrogens is 5. The Hall–Kier alpha value is -3.16. The minimum atomic E-state index is -0.232. The molecule has 0 N–H and O–H groups in total. The average molecular weight is 380 g/mol. The van der Waals surface area contributed by atoms with Gasteiger partial charge in [0.1, 0.15) is 5.69 Å². The summed E-state index contributed by atoms with van der Waals surface area (Å²) in [6, 6.07) is 10.2. The first-order chi connectivity index (χ1) is 13.7. The number of likely N-dealkylation sites (tertiary alicyclic amines) is 1. The van der Waals surface area contributed by atoms with Crippen LogP contribution in [0.25, 0.3) is 16.9 Å². The number of hydrogen-bond acceptors (Lipinski definition) is 5. The third-order valence-corrected chi connectivity index (χ3v) is 5.07. The lowest BCUT2D eigenvalue weighted by Crippen LogP contribution is -2.39. The Balaban J connectivity index is 1.47. The van der Waals surface area contributed by atoms with Gasteiger partial charge < -0.3 is 9.64 Å². The molecule has 1 aliphatic heterocycles. The molecular weight excluding hydrogens is 356 g/mol. The molecule has 0 unspecified atom stereocenters. The van der Waals surface area contributed by atoms with Crippen molar-refractivity contribution in [1.29, 1.82) is 0 Å². The quantitative estimate of drug-likeness (QED) is 0.694. The first-order valence-electron chi connectivity index (χ1n) is 9.61. The van der Waals surface area contributed by atoms with Gasteiger partial charge in [-0.2, -0.15) is 5.10 Å². The number of piperidine rings is 1. The molecule has 3 aromatic rings. The number of ether oxygens (including phenoxy) is 1. The molecule has 8 heteroatoms. The van der Waals surface area contributed by atoms with Crippen LogP contribution in [0.2, 0.25) is 0 Å². The second-order valence-corrected chi connectivity index (χ2v) is 6.91. The first kappa shape index (κ1) is 18.2. The summed E-state index contributed by atoms with van der Waals surface area (Å²) < 4.78 is 8.86. The molecule has 1 aliphatic rings.